The molecule has 4 nitrogen and oxygen atoms in total. The first-order valence-electron chi connectivity index (χ1n) is 8.07. The molecule has 0 unspecified atom stereocenters. The van der Waals surface area contributed by atoms with Crippen molar-refractivity contribution in [3.63, 3.8) is 0 Å². The van der Waals surface area contributed by atoms with Crippen LogP contribution in [0.5, 0.6) is 11.5 Å². The third-order valence-electron chi connectivity index (χ3n) is 3.64. The third-order valence-corrected chi connectivity index (χ3v) is 3.64. The molecule has 0 aliphatic heterocycles. The molecule has 0 saturated heterocycles. The molecule has 0 spiro atoms. The Hall–Kier alpha value is -2.77. The van der Waals surface area contributed by atoms with E-state index in [4.69, 9.17) is 15.3 Å². The van der Waals surface area contributed by atoms with Crippen LogP contribution in [0, 0.1) is 0 Å². The molecular weight excluding hydrogens is 428 g/mol. The van der Waals surface area contributed by atoms with Gasteiger partial charge in [0.25, 0.3) is 0 Å². The van der Waals surface area contributed by atoms with E-state index in [9.17, 15) is 13.2 Å². The second-order valence-corrected chi connectivity index (χ2v) is 5.79. The van der Waals surface area contributed by atoms with Gasteiger partial charge in [-0.2, -0.15) is 13.2 Å². The molecule has 156 valence electrons. The molecule has 0 aromatic heterocycles. The second-order valence-electron chi connectivity index (χ2n) is 5.79. The largest absolute Gasteiger partial charge is 0.489 e. The van der Waals surface area contributed by atoms with Crippen molar-refractivity contribution in [2.75, 3.05) is 11.2 Å². The van der Waals surface area contributed by atoms with Crippen LogP contribution in [0.2, 0.25) is 0 Å². The number of nitrogens with one attached hydrogen (secondary N) is 1. The molecule has 3 aromatic rings. The Kier molecular flexibility index (Phi) is 8.94. The average Bonchev–Trinajstić information content (AvgIpc) is 2.65. The third kappa shape index (κ3) is 7.29. The van der Waals surface area contributed by atoms with E-state index in [1.54, 1.807) is 24.3 Å². The lowest BCUT2D eigenvalue weighted by molar-refractivity contribution is -0.137. The van der Waals surface area contributed by atoms with Crippen molar-refractivity contribution < 1.29 is 22.7 Å². The Balaban J connectivity index is 0.00000210. The van der Waals surface area contributed by atoms with E-state index >= 15 is 0 Å². The van der Waals surface area contributed by atoms with Crippen molar-refractivity contribution in [3.05, 3.63) is 83.9 Å². The van der Waals surface area contributed by atoms with E-state index in [-0.39, 0.29) is 36.2 Å². The minimum Gasteiger partial charge on any atom is -0.489 e. The summed E-state index contributed by atoms with van der Waals surface area (Å²) in [5, 5.41) is 0. The summed E-state index contributed by atoms with van der Waals surface area (Å²) in [5.74, 6) is 1.06. The van der Waals surface area contributed by atoms with Crippen molar-refractivity contribution in [1.29, 1.82) is 0 Å². The number of hydrogen-bond acceptors (Lipinski definition) is 4. The molecule has 3 rings (SSSR count). The Morgan fingerprint density at radius 3 is 2.07 bits per heavy atom. The van der Waals surface area contributed by atoms with Crippen molar-refractivity contribution >= 4 is 36.2 Å². The summed E-state index contributed by atoms with van der Waals surface area (Å²) in [4.78, 5) is 5.30. The van der Waals surface area contributed by atoms with Crippen LogP contribution in [-0.2, 0) is 12.8 Å². The summed E-state index contributed by atoms with van der Waals surface area (Å²) in [6, 6.07) is 19.6. The fraction of sp³-hybridized carbons (Fsp3) is 0.100. The predicted octanol–water partition coefficient (Wildman–Crippen LogP) is 6.12. The number of alkyl halides is 3. The summed E-state index contributed by atoms with van der Waals surface area (Å²) in [6.45, 7) is 0.433. The summed E-state index contributed by atoms with van der Waals surface area (Å²) in [6.07, 6.45) is -4.48. The van der Waals surface area contributed by atoms with Crippen molar-refractivity contribution in [2.24, 2.45) is 0 Å². The van der Waals surface area contributed by atoms with Gasteiger partial charge in [0, 0.05) is 5.69 Å². The molecule has 0 aliphatic rings. The normalized spacial score (nSPS) is 10.3. The zero-order chi connectivity index (χ0) is 19.3. The lowest BCUT2D eigenvalue weighted by atomic mass is 10.1. The highest BCUT2D eigenvalue weighted by atomic mass is 35.5. The molecule has 3 aromatic carbocycles. The summed E-state index contributed by atoms with van der Waals surface area (Å²) < 4.78 is 44.1. The standard InChI is InChI=1S/C20H17F3N2O2.2ClH/c21-20(22,23)15-10-16(24)12-17(11-15)25-27-19-8-6-18(7-9-19)26-13-14-4-2-1-3-5-14;;/h1-12,25H,13,24H2;2*1H. The fourth-order valence-electron chi connectivity index (χ4n) is 2.34. The first-order chi connectivity index (χ1) is 12.9. The van der Waals surface area contributed by atoms with Crippen LogP contribution >= 0.6 is 24.8 Å². The highest BCUT2D eigenvalue weighted by Gasteiger charge is 2.31. The van der Waals surface area contributed by atoms with Gasteiger partial charge in [-0.15, -0.1) is 24.8 Å². The maximum absolute atomic E-state index is 12.8. The van der Waals surface area contributed by atoms with Gasteiger partial charge in [0.1, 0.15) is 12.4 Å². The number of hydrogen-bond donors (Lipinski definition) is 2. The number of nitrogens with two attached hydrogens (primary N) is 1. The maximum atomic E-state index is 12.8. The predicted molar refractivity (Wildman–Crippen MR) is 112 cm³/mol. The van der Waals surface area contributed by atoms with Gasteiger partial charge in [0.05, 0.1) is 11.3 Å². The average molecular weight is 447 g/mol. The van der Waals surface area contributed by atoms with Crippen LogP contribution in [0.15, 0.2) is 72.8 Å². The van der Waals surface area contributed by atoms with Gasteiger partial charge >= 0.3 is 6.18 Å². The minimum absolute atomic E-state index is 0. The lowest BCUT2D eigenvalue weighted by Crippen LogP contribution is -2.09. The zero-order valence-electron chi connectivity index (χ0n) is 15.0. The smallest absolute Gasteiger partial charge is 0.416 e. The van der Waals surface area contributed by atoms with Crippen molar-refractivity contribution in [2.45, 2.75) is 12.8 Å². The summed E-state index contributed by atoms with van der Waals surface area (Å²) in [5.41, 5.74) is 8.27. The minimum atomic E-state index is -4.48. The van der Waals surface area contributed by atoms with Gasteiger partial charge < -0.3 is 15.3 Å². The van der Waals surface area contributed by atoms with Gasteiger partial charge in [0.2, 0.25) is 0 Å². The van der Waals surface area contributed by atoms with Crippen molar-refractivity contribution in [1.82, 2.24) is 0 Å². The molecule has 9 heteroatoms. The number of anilines is 2. The van der Waals surface area contributed by atoms with E-state index in [1.807, 2.05) is 30.3 Å². The lowest BCUT2D eigenvalue weighted by Gasteiger charge is -2.13. The Morgan fingerprint density at radius 1 is 0.828 bits per heavy atom. The quantitative estimate of drug-likeness (QED) is 0.353. The van der Waals surface area contributed by atoms with Crippen molar-refractivity contribution in [3.8, 4) is 11.5 Å². The van der Waals surface area contributed by atoms with Gasteiger partial charge in [0.15, 0.2) is 5.75 Å². The number of rotatable bonds is 6. The van der Waals surface area contributed by atoms with Crippen LogP contribution in [0.25, 0.3) is 0 Å². The molecule has 29 heavy (non-hydrogen) atoms. The van der Waals surface area contributed by atoms with E-state index < -0.39 is 11.7 Å². The first-order valence-corrected chi connectivity index (χ1v) is 8.07. The number of nitrogen functional groups attached to an aromatic ring is 1. The highest BCUT2D eigenvalue weighted by molar-refractivity contribution is 5.85. The molecule has 0 aliphatic carbocycles. The first kappa shape index (κ1) is 24.3. The summed E-state index contributed by atoms with van der Waals surface area (Å²) in [7, 11) is 0. The molecule has 0 radical (unpaired) electrons. The van der Waals surface area contributed by atoms with Gasteiger partial charge in [-0.25, -0.2) is 5.48 Å². The molecule has 0 fully saturated rings. The molecule has 0 amide bonds. The highest BCUT2D eigenvalue weighted by Crippen LogP contribution is 2.32. The van der Waals surface area contributed by atoms with E-state index in [1.165, 1.54) is 6.07 Å². The van der Waals surface area contributed by atoms with Crippen LogP contribution in [0.3, 0.4) is 0 Å². The van der Waals surface area contributed by atoms with Crippen LogP contribution < -0.4 is 20.8 Å². The number of benzene rings is 3. The monoisotopic (exact) mass is 446 g/mol. The van der Waals surface area contributed by atoms with Gasteiger partial charge in [-0.1, -0.05) is 30.3 Å². The zero-order valence-corrected chi connectivity index (χ0v) is 16.6. The van der Waals surface area contributed by atoms with E-state index in [0.717, 1.165) is 17.7 Å². The second kappa shape index (κ2) is 10.7. The van der Waals surface area contributed by atoms with Crippen LogP contribution in [-0.4, -0.2) is 0 Å². The molecule has 0 saturated carbocycles. The Bertz CT molecular complexity index is 892. The van der Waals surface area contributed by atoms with Gasteiger partial charge in [-0.3, -0.25) is 0 Å². The molecule has 0 heterocycles. The topological polar surface area (TPSA) is 56.5 Å². The fourth-order valence-corrected chi connectivity index (χ4v) is 2.34. The van der Waals surface area contributed by atoms with E-state index in [0.29, 0.717) is 18.1 Å². The Morgan fingerprint density at radius 2 is 1.45 bits per heavy atom. The van der Waals surface area contributed by atoms with E-state index in [2.05, 4.69) is 5.48 Å². The SMILES string of the molecule is Cl.Cl.Nc1cc(NOc2ccc(OCc3ccccc3)cc2)cc(C(F)(F)F)c1. The van der Waals surface area contributed by atoms with Crippen LogP contribution in [0.1, 0.15) is 11.1 Å². The maximum Gasteiger partial charge on any atom is 0.416 e. The number of halogens is 5. The Labute approximate surface area is 178 Å². The molecule has 3 N–H and O–H groups in total. The van der Waals surface area contributed by atoms with Crippen LogP contribution in [0.4, 0.5) is 24.5 Å². The number of ether oxygens (including phenoxy) is 1. The molecular formula is C20H19Cl2F3N2O2. The molecule has 0 atom stereocenters. The van der Waals surface area contributed by atoms with Gasteiger partial charge in [-0.05, 0) is 48.0 Å². The molecule has 0 bridgehead atoms. The summed E-state index contributed by atoms with van der Waals surface area (Å²) >= 11 is 0.